The van der Waals surface area contributed by atoms with Crippen LogP contribution in [0.15, 0.2) is 0 Å². The molecule has 1 N–H and O–H groups in total. The Kier molecular flexibility index (Phi) is 1.79. The lowest BCUT2D eigenvalue weighted by Crippen LogP contribution is -2.36. The first kappa shape index (κ1) is 8.32. The topological polar surface area (TPSA) is 46.5 Å². The van der Waals surface area contributed by atoms with Crippen LogP contribution in [0.2, 0.25) is 0 Å². The first-order valence-corrected chi connectivity index (χ1v) is 2.85. The molecule has 2 atom stereocenters. The summed E-state index contributed by atoms with van der Waals surface area (Å²) >= 11 is 0. The Bertz CT molecular complexity index is 176. The molecule has 1 fully saturated rings. The average molecular weight is 170 g/mol. The van der Waals surface area contributed by atoms with E-state index in [0.29, 0.717) is 0 Å². The van der Waals surface area contributed by atoms with Crippen LogP contribution in [0.5, 0.6) is 0 Å². The number of halogens is 3. The van der Waals surface area contributed by atoms with Crippen LogP contribution in [-0.4, -0.2) is 29.5 Å². The normalized spacial score (nSPS) is 32.2. The standard InChI is InChI=1S/C5H5F3O3/c6-5(7,8)4-2(9)1-3(10)11-4/h2,4,9H,1H2. The summed E-state index contributed by atoms with van der Waals surface area (Å²) in [6.45, 7) is 0. The molecule has 2 unspecified atom stereocenters. The van der Waals surface area contributed by atoms with E-state index in [1.807, 2.05) is 0 Å². The SMILES string of the molecule is O=C1CC(O)C(C(F)(F)F)O1. The fourth-order valence-corrected chi connectivity index (χ4v) is 0.831. The van der Waals surface area contributed by atoms with Crippen molar-refractivity contribution in [2.75, 3.05) is 0 Å². The molecule has 1 aliphatic heterocycles. The van der Waals surface area contributed by atoms with Gasteiger partial charge in [-0.25, -0.2) is 0 Å². The van der Waals surface area contributed by atoms with Crippen LogP contribution in [0, 0.1) is 0 Å². The van der Waals surface area contributed by atoms with Crippen LogP contribution in [0.4, 0.5) is 13.2 Å². The third kappa shape index (κ3) is 1.62. The molecule has 3 nitrogen and oxygen atoms in total. The molecule has 0 spiro atoms. The molecule has 0 bridgehead atoms. The van der Waals surface area contributed by atoms with Crippen molar-refractivity contribution in [1.29, 1.82) is 0 Å². The number of hydrogen-bond donors (Lipinski definition) is 1. The van der Waals surface area contributed by atoms with Gasteiger partial charge in [-0.15, -0.1) is 0 Å². The van der Waals surface area contributed by atoms with Crippen molar-refractivity contribution in [1.82, 2.24) is 0 Å². The summed E-state index contributed by atoms with van der Waals surface area (Å²) in [7, 11) is 0. The van der Waals surface area contributed by atoms with E-state index in [1.165, 1.54) is 0 Å². The fourth-order valence-electron chi connectivity index (χ4n) is 0.831. The van der Waals surface area contributed by atoms with Gasteiger partial charge >= 0.3 is 12.1 Å². The Balaban J connectivity index is 2.67. The van der Waals surface area contributed by atoms with Crippen molar-refractivity contribution in [3.8, 4) is 0 Å². The lowest BCUT2D eigenvalue weighted by molar-refractivity contribution is -0.224. The summed E-state index contributed by atoms with van der Waals surface area (Å²) in [6.07, 6.45) is -9.33. The number of rotatable bonds is 0. The molecule has 1 heterocycles. The smallest absolute Gasteiger partial charge is 0.428 e. The Hall–Kier alpha value is -0.780. The highest BCUT2D eigenvalue weighted by Gasteiger charge is 2.51. The monoisotopic (exact) mass is 170 g/mol. The van der Waals surface area contributed by atoms with E-state index < -0.39 is 30.8 Å². The second kappa shape index (κ2) is 2.37. The van der Waals surface area contributed by atoms with Gasteiger partial charge in [-0.1, -0.05) is 0 Å². The molecule has 1 aliphatic rings. The zero-order valence-electron chi connectivity index (χ0n) is 5.26. The Morgan fingerprint density at radius 3 is 2.27 bits per heavy atom. The van der Waals surface area contributed by atoms with E-state index >= 15 is 0 Å². The molecular formula is C5H5F3O3. The first-order chi connectivity index (χ1) is 4.91. The van der Waals surface area contributed by atoms with E-state index in [1.54, 1.807) is 0 Å². The summed E-state index contributed by atoms with van der Waals surface area (Å²) < 4.78 is 39.1. The number of ether oxygens (including phenoxy) is 1. The van der Waals surface area contributed by atoms with E-state index in [0.717, 1.165) is 0 Å². The molecule has 0 saturated carbocycles. The zero-order chi connectivity index (χ0) is 8.65. The number of aliphatic hydroxyl groups excluding tert-OH is 1. The molecule has 64 valence electrons. The maximum Gasteiger partial charge on any atom is 0.428 e. The van der Waals surface area contributed by atoms with E-state index in [4.69, 9.17) is 5.11 Å². The van der Waals surface area contributed by atoms with Gasteiger partial charge in [-0.2, -0.15) is 13.2 Å². The molecule has 0 amide bonds. The van der Waals surface area contributed by atoms with Gasteiger partial charge in [-0.3, -0.25) is 4.79 Å². The van der Waals surface area contributed by atoms with Crippen LogP contribution < -0.4 is 0 Å². The fraction of sp³-hybridized carbons (Fsp3) is 0.800. The number of carbonyl (C=O) groups is 1. The van der Waals surface area contributed by atoms with Gasteiger partial charge in [0.25, 0.3) is 0 Å². The molecule has 1 rings (SSSR count). The lowest BCUT2D eigenvalue weighted by Gasteiger charge is -2.15. The lowest BCUT2D eigenvalue weighted by atomic mass is 10.2. The summed E-state index contributed by atoms with van der Waals surface area (Å²) in [4.78, 5) is 10.2. The molecular weight excluding hydrogens is 165 g/mol. The second-order valence-corrected chi connectivity index (χ2v) is 2.22. The highest BCUT2D eigenvalue weighted by molar-refractivity contribution is 5.72. The zero-order valence-corrected chi connectivity index (χ0v) is 5.26. The number of cyclic esters (lactones) is 1. The third-order valence-corrected chi connectivity index (χ3v) is 1.31. The predicted octanol–water partition coefficient (Wildman–Crippen LogP) is 0.225. The largest absolute Gasteiger partial charge is 0.450 e. The van der Waals surface area contributed by atoms with Gasteiger partial charge in [0.1, 0.15) is 6.10 Å². The quantitative estimate of drug-likeness (QED) is 0.529. The summed E-state index contributed by atoms with van der Waals surface area (Å²) in [5, 5.41) is 8.63. The van der Waals surface area contributed by atoms with Crippen LogP contribution in [0.3, 0.4) is 0 Å². The molecule has 0 aliphatic carbocycles. The summed E-state index contributed by atoms with van der Waals surface area (Å²) in [5.74, 6) is -1.01. The van der Waals surface area contributed by atoms with Crippen molar-refractivity contribution in [2.24, 2.45) is 0 Å². The van der Waals surface area contributed by atoms with Gasteiger partial charge in [0.15, 0.2) is 0 Å². The predicted molar refractivity (Wildman–Crippen MR) is 26.6 cm³/mol. The minimum atomic E-state index is -4.66. The first-order valence-electron chi connectivity index (χ1n) is 2.85. The van der Waals surface area contributed by atoms with Crippen molar-refractivity contribution in [3.63, 3.8) is 0 Å². The van der Waals surface area contributed by atoms with Crippen molar-refractivity contribution in [2.45, 2.75) is 24.8 Å². The molecule has 1 saturated heterocycles. The second-order valence-electron chi connectivity index (χ2n) is 2.22. The van der Waals surface area contributed by atoms with Crippen molar-refractivity contribution >= 4 is 5.97 Å². The van der Waals surface area contributed by atoms with Gasteiger partial charge in [0.2, 0.25) is 6.10 Å². The van der Waals surface area contributed by atoms with Crippen LogP contribution in [0.25, 0.3) is 0 Å². The molecule has 0 aromatic rings. The van der Waals surface area contributed by atoms with E-state index in [-0.39, 0.29) is 0 Å². The number of esters is 1. The maximum absolute atomic E-state index is 11.7. The number of hydrogen-bond acceptors (Lipinski definition) is 3. The Labute approximate surface area is 59.8 Å². The molecule has 0 aromatic heterocycles. The maximum atomic E-state index is 11.7. The molecule has 6 heteroatoms. The minimum Gasteiger partial charge on any atom is -0.450 e. The summed E-state index contributed by atoms with van der Waals surface area (Å²) in [6, 6.07) is 0. The Morgan fingerprint density at radius 2 is 2.09 bits per heavy atom. The number of alkyl halides is 3. The minimum absolute atomic E-state index is 0.579. The molecule has 0 radical (unpaired) electrons. The molecule has 0 aromatic carbocycles. The number of aliphatic hydroxyl groups is 1. The van der Waals surface area contributed by atoms with Gasteiger partial charge in [-0.05, 0) is 0 Å². The Morgan fingerprint density at radius 1 is 1.55 bits per heavy atom. The summed E-state index contributed by atoms with van der Waals surface area (Å²) in [5.41, 5.74) is 0. The van der Waals surface area contributed by atoms with E-state index in [2.05, 4.69) is 4.74 Å². The van der Waals surface area contributed by atoms with Crippen molar-refractivity contribution < 1.29 is 27.8 Å². The van der Waals surface area contributed by atoms with Crippen LogP contribution in [0.1, 0.15) is 6.42 Å². The van der Waals surface area contributed by atoms with Crippen LogP contribution >= 0.6 is 0 Å². The highest BCUT2D eigenvalue weighted by atomic mass is 19.4. The number of carbonyl (C=O) groups excluding carboxylic acids is 1. The van der Waals surface area contributed by atoms with Gasteiger partial charge in [0.05, 0.1) is 6.42 Å². The molecule has 11 heavy (non-hydrogen) atoms. The average Bonchev–Trinajstić information content (AvgIpc) is 2.08. The van der Waals surface area contributed by atoms with Gasteiger partial charge < -0.3 is 9.84 Å². The van der Waals surface area contributed by atoms with E-state index in [9.17, 15) is 18.0 Å². The third-order valence-electron chi connectivity index (χ3n) is 1.31. The highest BCUT2D eigenvalue weighted by Crippen LogP contribution is 2.30. The van der Waals surface area contributed by atoms with Gasteiger partial charge in [0, 0.05) is 0 Å². The van der Waals surface area contributed by atoms with Crippen LogP contribution in [-0.2, 0) is 9.53 Å². The van der Waals surface area contributed by atoms with Crippen molar-refractivity contribution in [3.05, 3.63) is 0 Å².